The molecular formula is C12H5BrF5NO. The summed E-state index contributed by atoms with van der Waals surface area (Å²) in [6, 6.07) is 1.53. The predicted octanol–water partition coefficient (Wildman–Crippen LogP) is 4.12. The number of aromatic nitrogens is 1. The van der Waals surface area contributed by atoms with Gasteiger partial charge in [-0.3, -0.25) is 4.98 Å². The van der Waals surface area contributed by atoms with Crippen molar-refractivity contribution in [2.45, 2.75) is 6.61 Å². The van der Waals surface area contributed by atoms with Crippen LogP contribution in [-0.4, -0.2) is 4.98 Å². The van der Waals surface area contributed by atoms with Crippen molar-refractivity contribution in [3.05, 3.63) is 57.6 Å². The van der Waals surface area contributed by atoms with Crippen LogP contribution in [0.25, 0.3) is 0 Å². The first kappa shape index (κ1) is 14.7. The minimum atomic E-state index is -2.23. The highest BCUT2D eigenvalue weighted by Crippen LogP contribution is 2.29. The van der Waals surface area contributed by atoms with Crippen LogP contribution in [0.15, 0.2) is 22.9 Å². The van der Waals surface area contributed by atoms with Gasteiger partial charge in [-0.1, -0.05) is 0 Å². The Bertz CT molecular complexity index is 636. The number of hydrogen-bond acceptors (Lipinski definition) is 2. The van der Waals surface area contributed by atoms with E-state index in [2.05, 4.69) is 25.7 Å². The Morgan fingerprint density at radius 2 is 1.45 bits per heavy atom. The van der Waals surface area contributed by atoms with Gasteiger partial charge in [0.1, 0.15) is 6.61 Å². The lowest BCUT2D eigenvalue weighted by Crippen LogP contribution is -2.07. The largest absolute Gasteiger partial charge is 0.483 e. The van der Waals surface area contributed by atoms with Crippen LogP contribution in [0, 0.1) is 29.1 Å². The molecule has 0 bridgehead atoms. The standard InChI is InChI=1S/C12H5BrF5NO/c13-6-1-5(2-19-3-6)4-20-12-10(17)8(15)7(14)9(16)11(12)18/h1-3H,4H2. The highest BCUT2D eigenvalue weighted by molar-refractivity contribution is 9.10. The van der Waals surface area contributed by atoms with E-state index in [4.69, 9.17) is 0 Å². The van der Waals surface area contributed by atoms with Crippen molar-refractivity contribution in [1.82, 2.24) is 4.98 Å². The van der Waals surface area contributed by atoms with Crippen LogP contribution in [-0.2, 0) is 6.61 Å². The Morgan fingerprint density at radius 3 is 2.00 bits per heavy atom. The average Bonchev–Trinajstić information content (AvgIpc) is 2.43. The van der Waals surface area contributed by atoms with Crippen LogP contribution in [0.2, 0.25) is 0 Å². The molecule has 106 valence electrons. The van der Waals surface area contributed by atoms with Gasteiger partial charge >= 0.3 is 0 Å². The summed E-state index contributed by atoms with van der Waals surface area (Å²) in [6.45, 7) is -0.398. The Hall–Kier alpha value is -1.70. The third kappa shape index (κ3) is 2.74. The molecule has 0 atom stereocenters. The van der Waals surface area contributed by atoms with Crippen molar-refractivity contribution in [2.75, 3.05) is 0 Å². The number of benzene rings is 1. The summed E-state index contributed by atoms with van der Waals surface area (Å²) in [5.74, 6) is -11.7. The van der Waals surface area contributed by atoms with E-state index in [0.29, 0.717) is 10.0 Å². The van der Waals surface area contributed by atoms with Crippen molar-refractivity contribution in [2.24, 2.45) is 0 Å². The smallest absolute Gasteiger partial charge is 0.207 e. The molecule has 2 nitrogen and oxygen atoms in total. The SMILES string of the molecule is Fc1c(F)c(F)c(OCc2cncc(Br)c2)c(F)c1F. The Labute approximate surface area is 118 Å². The number of nitrogens with zero attached hydrogens (tertiary/aromatic N) is 1. The van der Waals surface area contributed by atoms with E-state index >= 15 is 0 Å². The maximum atomic E-state index is 13.3. The van der Waals surface area contributed by atoms with Gasteiger partial charge in [-0.15, -0.1) is 0 Å². The van der Waals surface area contributed by atoms with Crippen molar-refractivity contribution in [3.8, 4) is 5.75 Å². The van der Waals surface area contributed by atoms with E-state index in [1.165, 1.54) is 18.5 Å². The molecule has 1 heterocycles. The van der Waals surface area contributed by atoms with E-state index in [1.54, 1.807) is 0 Å². The molecule has 0 aliphatic carbocycles. The third-order valence-electron chi connectivity index (χ3n) is 2.31. The number of halogens is 6. The fourth-order valence-corrected chi connectivity index (χ4v) is 1.81. The molecule has 0 aliphatic rings. The highest BCUT2D eigenvalue weighted by atomic mass is 79.9. The highest BCUT2D eigenvalue weighted by Gasteiger charge is 2.26. The molecule has 1 aromatic heterocycles. The molecule has 8 heteroatoms. The van der Waals surface area contributed by atoms with E-state index in [9.17, 15) is 22.0 Å². The van der Waals surface area contributed by atoms with Crippen molar-refractivity contribution < 1.29 is 26.7 Å². The summed E-state index contributed by atoms with van der Waals surface area (Å²) in [5, 5.41) is 0. The quantitative estimate of drug-likeness (QED) is 0.470. The Kier molecular flexibility index (Phi) is 4.22. The topological polar surface area (TPSA) is 22.1 Å². The van der Waals surface area contributed by atoms with Gasteiger partial charge in [-0.2, -0.15) is 8.78 Å². The van der Waals surface area contributed by atoms with Crippen molar-refractivity contribution >= 4 is 15.9 Å². The fourth-order valence-electron chi connectivity index (χ4n) is 1.40. The lowest BCUT2D eigenvalue weighted by atomic mass is 10.2. The van der Waals surface area contributed by atoms with E-state index < -0.39 is 41.4 Å². The van der Waals surface area contributed by atoms with Gasteiger partial charge in [0.2, 0.25) is 29.1 Å². The monoisotopic (exact) mass is 353 g/mol. The van der Waals surface area contributed by atoms with Gasteiger partial charge in [-0.05, 0) is 22.0 Å². The summed E-state index contributed by atoms with van der Waals surface area (Å²) >= 11 is 3.11. The summed E-state index contributed by atoms with van der Waals surface area (Å²) in [5.41, 5.74) is 0.392. The molecule has 0 saturated heterocycles. The van der Waals surface area contributed by atoms with Gasteiger partial charge in [-0.25, -0.2) is 13.2 Å². The maximum absolute atomic E-state index is 13.3. The molecule has 1 aromatic carbocycles. The first-order valence-corrected chi connectivity index (χ1v) is 5.94. The molecule has 2 rings (SSSR count). The average molecular weight is 354 g/mol. The first-order chi connectivity index (χ1) is 9.41. The van der Waals surface area contributed by atoms with Crippen LogP contribution in [0.3, 0.4) is 0 Å². The van der Waals surface area contributed by atoms with Gasteiger partial charge < -0.3 is 4.74 Å². The molecule has 0 aliphatic heterocycles. The van der Waals surface area contributed by atoms with Crippen LogP contribution < -0.4 is 4.74 Å². The minimum absolute atomic E-state index is 0.392. The van der Waals surface area contributed by atoms with Crippen LogP contribution in [0.1, 0.15) is 5.56 Å². The first-order valence-electron chi connectivity index (χ1n) is 5.15. The number of hydrogen-bond donors (Lipinski definition) is 0. The molecule has 0 amide bonds. The van der Waals surface area contributed by atoms with E-state index in [1.807, 2.05) is 0 Å². The summed E-state index contributed by atoms with van der Waals surface area (Å²) < 4.78 is 70.6. The minimum Gasteiger partial charge on any atom is -0.483 e. The van der Waals surface area contributed by atoms with Crippen molar-refractivity contribution in [3.63, 3.8) is 0 Å². The predicted molar refractivity (Wildman–Crippen MR) is 62.5 cm³/mol. The summed E-state index contributed by atoms with van der Waals surface area (Å²) in [6.07, 6.45) is 2.79. The normalized spacial score (nSPS) is 10.7. The zero-order chi connectivity index (χ0) is 14.9. The fraction of sp³-hybridized carbons (Fsp3) is 0.0833. The molecule has 0 spiro atoms. The lowest BCUT2D eigenvalue weighted by molar-refractivity contribution is 0.253. The second kappa shape index (κ2) is 5.74. The molecule has 20 heavy (non-hydrogen) atoms. The molecule has 0 saturated carbocycles. The summed E-state index contributed by atoms with van der Waals surface area (Å²) in [7, 11) is 0. The Balaban J connectivity index is 2.30. The second-order valence-electron chi connectivity index (χ2n) is 3.70. The third-order valence-corrected chi connectivity index (χ3v) is 2.75. The van der Waals surface area contributed by atoms with Gasteiger partial charge in [0.15, 0.2) is 5.75 Å². The van der Waals surface area contributed by atoms with E-state index in [-0.39, 0.29) is 0 Å². The summed E-state index contributed by atoms with van der Waals surface area (Å²) in [4.78, 5) is 3.77. The Morgan fingerprint density at radius 1 is 0.900 bits per heavy atom. The molecule has 0 radical (unpaired) electrons. The van der Waals surface area contributed by atoms with Crippen molar-refractivity contribution in [1.29, 1.82) is 0 Å². The van der Waals surface area contributed by atoms with Gasteiger partial charge in [0, 0.05) is 22.4 Å². The number of rotatable bonds is 3. The number of pyridine rings is 1. The van der Waals surface area contributed by atoms with Crippen LogP contribution in [0.5, 0.6) is 5.75 Å². The zero-order valence-electron chi connectivity index (χ0n) is 9.56. The molecule has 2 aromatic rings. The molecule has 0 unspecified atom stereocenters. The number of ether oxygens (including phenoxy) is 1. The second-order valence-corrected chi connectivity index (χ2v) is 4.61. The molecular weight excluding hydrogens is 349 g/mol. The van der Waals surface area contributed by atoms with Gasteiger partial charge in [0.25, 0.3) is 0 Å². The van der Waals surface area contributed by atoms with Gasteiger partial charge in [0.05, 0.1) is 0 Å². The molecule has 0 N–H and O–H groups in total. The molecule has 0 fully saturated rings. The zero-order valence-corrected chi connectivity index (χ0v) is 11.1. The van der Waals surface area contributed by atoms with Crippen LogP contribution >= 0.6 is 15.9 Å². The van der Waals surface area contributed by atoms with Crippen LogP contribution in [0.4, 0.5) is 22.0 Å². The van der Waals surface area contributed by atoms with E-state index in [0.717, 1.165) is 0 Å². The maximum Gasteiger partial charge on any atom is 0.207 e. The lowest BCUT2D eigenvalue weighted by Gasteiger charge is -2.10.